The second kappa shape index (κ2) is 6.44. The van der Waals surface area contributed by atoms with E-state index in [1.807, 2.05) is 12.1 Å². The average Bonchev–Trinajstić information content (AvgIpc) is 3.07. The van der Waals surface area contributed by atoms with Crippen LogP contribution < -0.4 is 5.32 Å². The van der Waals surface area contributed by atoms with Gasteiger partial charge >= 0.3 is 0 Å². The van der Waals surface area contributed by atoms with Crippen LogP contribution in [0.3, 0.4) is 0 Å². The van der Waals surface area contributed by atoms with Crippen molar-refractivity contribution in [2.24, 2.45) is 0 Å². The standard InChI is InChI=1S/C14H11BrN6O/c15-12-4-11(5-16-7-12)14(22)19-6-10-2-1-3-18-13(10)21-9-17-8-20-21/h1-5,7-9H,6H2,(H,19,22). The molecule has 3 aromatic heterocycles. The number of amides is 1. The monoisotopic (exact) mass is 358 g/mol. The van der Waals surface area contributed by atoms with E-state index in [2.05, 4.69) is 41.3 Å². The molecule has 0 aliphatic rings. The second-order valence-corrected chi connectivity index (χ2v) is 5.32. The third-order valence-corrected chi connectivity index (χ3v) is 3.34. The fourth-order valence-corrected chi connectivity index (χ4v) is 2.27. The number of rotatable bonds is 4. The quantitative estimate of drug-likeness (QED) is 0.767. The van der Waals surface area contributed by atoms with Gasteiger partial charge in [-0.1, -0.05) is 6.07 Å². The van der Waals surface area contributed by atoms with Crippen LogP contribution in [0.5, 0.6) is 0 Å². The number of aromatic nitrogens is 5. The van der Waals surface area contributed by atoms with Crippen molar-refractivity contribution in [2.75, 3.05) is 0 Å². The predicted molar refractivity (Wildman–Crippen MR) is 82.3 cm³/mol. The molecule has 3 aromatic rings. The van der Waals surface area contributed by atoms with Gasteiger partial charge in [0.05, 0.1) is 5.56 Å². The summed E-state index contributed by atoms with van der Waals surface area (Å²) in [4.78, 5) is 24.3. The van der Waals surface area contributed by atoms with Gasteiger partial charge in [-0.05, 0) is 28.1 Å². The highest BCUT2D eigenvalue weighted by Gasteiger charge is 2.10. The van der Waals surface area contributed by atoms with Crippen LogP contribution in [-0.2, 0) is 6.54 Å². The van der Waals surface area contributed by atoms with Gasteiger partial charge < -0.3 is 5.32 Å². The Kier molecular flexibility index (Phi) is 4.19. The number of carbonyl (C=O) groups excluding carboxylic acids is 1. The summed E-state index contributed by atoms with van der Waals surface area (Å²) >= 11 is 3.29. The molecule has 110 valence electrons. The zero-order valence-electron chi connectivity index (χ0n) is 11.3. The maximum Gasteiger partial charge on any atom is 0.253 e. The smallest absolute Gasteiger partial charge is 0.253 e. The Morgan fingerprint density at radius 2 is 2.23 bits per heavy atom. The van der Waals surface area contributed by atoms with Crippen LogP contribution in [0.4, 0.5) is 0 Å². The maximum atomic E-state index is 12.1. The predicted octanol–water partition coefficient (Wildman–Crippen LogP) is 1.75. The summed E-state index contributed by atoms with van der Waals surface area (Å²) in [7, 11) is 0. The van der Waals surface area contributed by atoms with E-state index in [4.69, 9.17) is 0 Å². The van der Waals surface area contributed by atoms with Crippen molar-refractivity contribution in [1.82, 2.24) is 30.0 Å². The van der Waals surface area contributed by atoms with E-state index >= 15 is 0 Å². The number of halogens is 1. The Balaban J connectivity index is 1.76. The third-order valence-electron chi connectivity index (χ3n) is 2.91. The topological polar surface area (TPSA) is 85.6 Å². The minimum absolute atomic E-state index is 0.206. The van der Waals surface area contributed by atoms with Crippen molar-refractivity contribution in [1.29, 1.82) is 0 Å². The summed E-state index contributed by atoms with van der Waals surface area (Å²) in [6.07, 6.45) is 7.80. The van der Waals surface area contributed by atoms with E-state index in [0.717, 1.165) is 10.0 Å². The lowest BCUT2D eigenvalue weighted by Gasteiger charge is -2.09. The molecule has 0 saturated carbocycles. The second-order valence-electron chi connectivity index (χ2n) is 4.40. The van der Waals surface area contributed by atoms with E-state index < -0.39 is 0 Å². The summed E-state index contributed by atoms with van der Waals surface area (Å²) in [5.74, 6) is 0.426. The van der Waals surface area contributed by atoms with Crippen molar-refractivity contribution in [3.8, 4) is 5.82 Å². The molecule has 0 aromatic carbocycles. The zero-order chi connectivity index (χ0) is 15.4. The van der Waals surface area contributed by atoms with Crippen LogP contribution in [0.2, 0.25) is 0 Å². The molecule has 0 radical (unpaired) electrons. The fourth-order valence-electron chi connectivity index (χ4n) is 1.91. The number of pyridine rings is 2. The molecule has 3 heterocycles. The molecule has 0 saturated heterocycles. The first kappa shape index (κ1) is 14.3. The lowest BCUT2D eigenvalue weighted by Crippen LogP contribution is -2.24. The highest BCUT2D eigenvalue weighted by molar-refractivity contribution is 9.10. The van der Waals surface area contributed by atoms with Gasteiger partial charge in [-0.15, -0.1) is 0 Å². The first-order chi connectivity index (χ1) is 10.7. The van der Waals surface area contributed by atoms with E-state index in [0.29, 0.717) is 17.9 Å². The van der Waals surface area contributed by atoms with E-state index in [9.17, 15) is 4.79 Å². The summed E-state index contributed by atoms with van der Waals surface area (Å²) in [6, 6.07) is 5.40. The molecule has 1 N–H and O–H groups in total. The Bertz CT molecular complexity index is 790. The van der Waals surface area contributed by atoms with E-state index in [1.54, 1.807) is 29.5 Å². The van der Waals surface area contributed by atoms with Crippen LogP contribution in [0.15, 0.2) is 53.9 Å². The van der Waals surface area contributed by atoms with Crippen LogP contribution in [0, 0.1) is 0 Å². The largest absolute Gasteiger partial charge is 0.348 e. The molecule has 0 aliphatic heterocycles. The summed E-state index contributed by atoms with van der Waals surface area (Å²) in [5, 5.41) is 6.90. The maximum absolute atomic E-state index is 12.1. The minimum atomic E-state index is -0.206. The Hall–Kier alpha value is -2.61. The number of hydrogen-bond donors (Lipinski definition) is 1. The van der Waals surface area contributed by atoms with Gasteiger partial charge in [0.1, 0.15) is 12.7 Å². The number of nitrogens with zero attached hydrogens (tertiary/aromatic N) is 5. The van der Waals surface area contributed by atoms with Crippen molar-refractivity contribution in [3.05, 3.63) is 65.0 Å². The summed E-state index contributed by atoms with van der Waals surface area (Å²) in [6.45, 7) is 0.328. The van der Waals surface area contributed by atoms with Crippen molar-refractivity contribution < 1.29 is 4.79 Å². The number of hydrogen-bond acceptors (Lipinski definition) is 5. The molecule has 8 heteroatoms. The average molecular weight is 359 g/mol. The van der Waals surface area contributed by atoms with Gasteiger partial charge in [-0.3, -0.25) is 9.78 Å². The highest BCUT2D eigenvalue weighted by atomic mass is 79.9. The minimum Gasteiger partial charge on any atom is -0.348 e. The van der Waals surface area contributed by atoms with Crippen LogP contribution >= 0.6 is 15.9 Å². The molecular formula is C14H11BrN6O. The SMILES string of the molecule is O=C(NCc1cccnc1-n1cncn1)c1cncc(Br)c1. The normalized spacial score (nSPS) is 10.4. The lowest BCUT2D eigenvalue weighted by molar-refractivity contribution is 0.0950. The number of carbonyl (C=O) groups is 1. The molecule has 0 spiro atoms. The van der Waals surface area contributed by atoms with Gasteiger partial charge in [0, 0.05) is 35.2 Å². The van der Waals surface area contributed by atoms with Gasteiger partial charge in [-0.2, -0.15) is 5.10 Å². The Labute approximate surface area is 134 Å². The first-order valence-corrected chi connectivity index (χ1v) is 7.21. The summed E-state index contributed by atoms with van der Waals surface area (Å²) in [5.41, 5.74) is 1.32. The molecule has 0 fully saturated rings. The molecule has 1 amide bonds. The first-order valence-electron chi connectivity index (χ1n) is 6.41. The molecule has 3 rings (SSSR count). The fraction of sp³-hybridized carbons (Fsp3) is 0.0714. The third kappa shape index (κ3) is 3.17. The molecular weight excluding hydrogens is 348 g/mol. The molecule has 0 unspecified atom stereocenters. The van der Waals surface area contributed by atoms with E-state index in [1.165, 1.54) is 12.5 Å². The molecule has 22 heavy (non-hydrogen) atoms. The van der Waals surface area contributed by atoms with Gasteiger partial charge in [0.15, 0.2) is 5.82 Å². The highest BCUT2D eigenvalue weighted by Crippen LogP contribution is 2.11. The van der Waals surface area contributed by atoms with Crippen molar-refractivity contribution in [3.63, 3.8) is 0 Å². The van der Waals surface area contributed by atoms with Gasteiger partial charge in [-0.25, -0.2) is 14.6 Å². The Morgan fingerprint density at radius 1 is 1.32 bits per heavy atom. The number of nitrogens with one attached hydrogen (secondary N) is 1. The zero-order valence-corrected chi connectivity index (χ0v) is 12.9. The summed E-state index contributed by atoms with van der Waals surface area (Å²) < 4.78 is 2.31. The molecule has 0 aliphatic carbocycles. The molecule has 0 bridgehead atoms. The van der Waals surface area contributed by atoms with E-state index in [-0.39, 0.29) is 5.91 Å². The van der Waals surface area contributed by atoms with Crippen LogP contribution in [0.25, 0.3) is 5.82 Å². The van der Waals surface area contributed by atoms with Crippen LogP contribution in [0.1, 0.15) is 15.9 Å². The molecule has 0 atom stereocenters. The van der Waals surface area contributed by atoms with Crippen molar-refractivity contribution in [2.45, 2.75) is 6.54 Å². The van der Waals surface area contributed by atoms with Crippen LogP contribution in [-0.4, -0.2) is 30.6 Å². The lowest BCUT2D eigenvalue weighted by atomic mass is 10.2. The van der Waals surface area contributed by atoms with Gasteiger partial charge in [0.2, 0.25) is 0 Å². The Morgan fingerprint density at radius 3 is 3.00 bits per heavy atom. The van der Waals surface area contributed by atoms with Crippen molar-refractivity contribution >= 4 is 21.8 Å². The molecule has 7 nitrogen and oxygen atoms in total. The van der Waals surface area contributed by atoms with Gasteiger partial charge in [0.25, 0.3) is 5.91 Å².